The highest BCUT2D eigenvalue weighted by Gasteiger charge is 2.16. The minimum atomic E-state index is 0.524. The lowest BCUT2D eigenvalue weighted by molar-refractivity contribution is 0.122. The molecule has 3 heterocycles. The van der Waals surface area contributed by atoms with Crippen molar-refractivity contribution in [2.75, 3.05) is 36.5 Å². The largest absolute Gasteiger partial charge is 0.438 e. The second kappa shape index (κ2) is 11.9. The number of pyridine rings is 1. The van der Waals surface area contributed by atoms with Gasteiger partial charge in [0.1, 0.15) is 11.3 Å². The Morgan fingerprint density at radius 1 is 0.833 bits per heavy atom. The molecule has 1 aliphatic rings. The molecule has 7 rings (SSSR count). The molecular weight excluding hydrogens is 522 g/mol. The van der Waals surface area contributed by atoms with Crippen molar-refractivity contribution in [2.45, 2.75) is 19.4 Å². The fourth-order valence-corrected chi connectivity index (χ4v) is 5.55. The third-order valence-corrected chi connectivity index (χ3v) is 7.74. The van der Waals surface area contributed by atoms with Crippen LogP contribution >= 0.6 is 0 Å². The predicted octanol–water partition coefficient (Wildman–Crippen LogP) is 7.59. The molecule has 0 atom stereocenters. The van der Waals surface area contributed by atoms with Crippen LogP contribution in [0.3, 0.4) is 0 Å². The Hall–Kier alpha value is -4.88. The fourth-order valence-electron chi connectivity index (χ4n) is 5.55. The Morgan fingerprint density at radius 3 is 2.48 bits per heavy atom. The average molecular weight is 556 g/mol. The number of imidazole rings is 1. The summed E-state index contributed by atoms with van der Waals surface area (Å²) >= 11 is 0. The van der Waals surface area contributed by atoms with Gasteiger partial charge in [-0.3, -0.25) is 0 Å². The maximum atomic E-state index is 6.46. The molecule has 1 fully saturated rings. The number of aromatic nitrogens is 3. The first kappa shape index (κ1) is 26.0. The normalized spacial score (nSPS) is 13.5. The van der Waals surface area contributed by atoms with Gasteiger partial charge in [0.15, 0.2) is 5.65 Å². The van der Waals surface area contributed by atoms with Gasteiger partial charge in [-0.15, -0.1) is 0 Å². The van der Waals surface area contributed by atoms with Gasteiger partial charge in [-0.25, -0.2) is 4.98 Å². The summed E-state index contributed by atoms with van der Waals surface area (Å²) in [6.07, 6.45) is 3.86. The molecule has 1 aliphatic heterocycles. The first-order chi connectivity index (χ1) is 20.8. The average Bonchev–Trinajstić information content (AvgIpc) is 3.45. The van der Waals surface area contributed by atoms with E-state index in [-0.39, 0.29) is 0 Å². The van der Waals surface area contributed by atoms with Gasteiger partial charge in [-0.05, 0) is 54.1 Å². The summed E-state index contributed by atoms with van der Waals surface area (Å²) in [6, 6.07) is 35.4. The van der Waals surface area contributed by atoms with E-state index in [9.17, 15) is 0 Å². The molecule has 1 saturated heterocycles. The first-order valence-electron chi connectivity index (χ1n) is 14.6. The van der Waals surface area contributed by atoms with Crippen molar-refractivity contribution in [3.05, 3.63) is 115 Å². The zero-order chi connectivity index (χ0) is 28.1. The molecule has 4 aromatic carbocycles. The summed E-state index contributed by atoms with van der Waals surface area (Å²) in [5.41, 5.74) is 5.99. The molecule has 0 spiro atoms. The maximum absolute atomic E-state index is 6.46. The van der Waals surface area contributed by atoms with Crippen molar-refractivity contribution < 1.29 is 9.47 Å². The minimum absolute atomic E-state index is 0.524. The van der Waals surface area contributed by atoms with Gasteiger partial charge in [-0.2, -0.15) is 4.98 Å². The van der Waals surface area contributed by atoms with Crippen molar-refractivity contribution in [1.82, 2.24) is 14.5 Å². The van der Waals surface area contributed by atoms with Crippen molar-refractivity contribution in [3.63, 3.8) is 0 Å². The number of hydrogen-bond donors (Lipinski definition) is 1. The van der Waals surface area contributed by atoms with Gasteiger partial charge in [-0.1, -0.05) is 66.7 Å². The number of benzene rings is 4. The van der Waals surface area contributed by atoms with Crippen LogP contribution in [0.1, 0.15) is 12.0 Å². The predicted molar refractivity (Wildman–Crippen MR) is 169 cm³/mol. The summed E-state index contributed by atoms with van der Waals surface area (Å²) in [4.78, 5) is 12.1. The molecule has 7 heteroatoms. The quantitative estimate of drug-likeness (QED) is 0.198. The summed E-state index contributed by atoms with van der Waals surface area (Å²) in [5.74, 6) is 1.30. The Balaban J connectivity index is 1.20. The van der Waals surface area contributed by atoms with E-state index in [2.05, 4.69) is 87.6 Å². The number of rotatable bonds is 9. The van der Waals surface area contributed by atoms with Crippen molar-refractivity contribution in [2.24, 2.45) is 0 Å². The smallest absolute Gasteiger partial charge is 0.223 e. The topological polar surface area (TPSA) is 64.4 Å². The molecule has 6 aromatic rings. The number of nitrogens with one attached hydrogen (secondary N) is 1. The van der Waals surface area contributed by atoms with Crippen molar-refractivity contribution in [3.8, 4) is 11.6 Å². The van der Waals surface area contributed by atoms with Gasteiger partial charge < -0.3 is 24.3 Å². The van der Waals surface area contributed by atoms with Gasteiger partial charge in [0.25, 0.3) is 0 Å². The monoisotopic (exact) mass is 555 g/mol. The standard InChI is InChI=1S/C35H33N5O2/c1-2-8-26(9-3-1)10-7-19-40-25-36-34-31(37-28-15-17-29(18-16-28)39-20-22-41-23-21-39)24-33(38-35(34)40)42-32-14-6-12-27-11-4-5-13-30(27)32/h1-6,8-9,11-18,24-25H,7,10,19-23H2,(H,37,38). The maximum Gasteiger partial charge on any atom is 0.223 e. The van der Waals surface area contributed by atoms with Crippen LogP contribution in [0.4, 0.5) is 17.1 Å². The van der Waals surface area contributed by atoms with E-state index in [4.69, 9.17) is 19.4 Å². The number of morpholine rings is 1. The number of aryl methyl sites for hydroxylation is 2. The van der Waals surface area contributed by atoms with Crippen molar-refractivity contribution in [1.29, 1.82) is 0 Å². The van der Waals surface area contributed by atoms with Crippen LogP contribution in [0.15, 0.2) is 109 Å². The molecule has 0 bridgehead atoms. The van der Waals surface area contributed by atoms with Crippen LogP contribution in [0.5, 0.6) is 11.6 Å². The molecule has 1 N–H and O–H groups in total. The SMILES string of the molecule is c1ccc(CCCn2cnc3c(Nc4ccc(N5CCOCC5)cc4)cc(Oc4cccc5ccccc45)nc32)cc1. The Bertz CT molecular complexity index is 1790. The minimum Gasteiger partial charge on any atom is -0.438 e. The molecule has 2 aromatic heterocycles. The van der Waals surface area contributed by atoms with Crippen LogP contribution in [-0.4, -0.2) is 40.8 Å². The molecule has 0 unspecified atom stereocenters. The Morgan fingerprint density at radius 2 is 1.62 bits per heavy atom. The molecule has 0 amide bonds. The van der Waals surface area contributed by atoms with E-state index in [0.29, 0.717) is 5.88 Å². The number of fused-ring (bicyclic) bond motifs is 2. The highest BCUT2D eigenvalue weighted by molar-refractivity contribution is 5.90. The lowest BCUT2D eigenvalue weighted by atomic mass is 10.1. The van der Waals surface area contributed by atoms with E-state index in [0.717, 1.165) is 84.8 Å². The van der Waals surface area contributed by atoms with Crippen LogP contribution in [0, 0.1) is 0 Å². The third kappa shape index (κ3) is 5.64. The van der Waals surface area contributed by atoms with Gasteiger partial charge in [0.2, 0.25) is 5.88 Å². The fraction of sp³-hybridized carbons (Fsp3) is 0.200. The van der Waals surface area contributed by atoms with E-state index in [1.807, 2.05) is 36.7 Å². The van der Waals surface area contributed by atoms with Gasteiger partial charge in [0, 0.05) is 42.5 Å². The zero-order valence-corrected chi connectivity index (χ0v) is 23.4. The van der Waals surface area contributed by atoms with E-state index in [1.165, 1.54) is 11.3 Å². The van der Waals surface area contributed by atoms with E-state index < -0.39 is 0 Å². The van der Waals surface area contributed by atoms with Gasteiger partial charge >= 0.3 is 0 Å². The van der Waals surface area contributed by atoms with Crippen LogP contribution in [0.25, 0.3) is 21.9 Å². The Kier molecular flexibility index (Phi) is 7.40. The lowest BCUT2D eigenvalue weighted by Crippen LogP contribution is -2.36. The first-order valence-corrected chi connectivity index (χ1v) is 14.6. The van der Waals surface area contributed by atoms with Crippen molar-refractivity contribution >= 4 is 39.0 Å². The third-order valence-electron chi connectivity index (χ3n) is 7.74. The van der Waals surface area contributed by atoms with Crippen LogP contribution in [0.2, 0.25) is 0 Å². The second-order valence-electron chi connectivity index (χ2n) is 10.6. The Labute approximate surface area is 245 Å². The number of anilines is 3. The zero-order valence-electron chi connectivity index (χ0n) is 23.4. The molecule has 7 nitrogen and oxygen atoms in total. The molecule has 42 heavy (non-hydrogen) atoms. The van der Waals surface area contributed by atoms with Gasteiger partial charge in [0.05, 0.1) is 25.2 Å². The van der Waals surface area contributed by atoms with Crippen LogP contribution in [-0.2, 0) is 17.7 Å². The van der Waals surface area contributed by atoms with Crippen LogP contribution < -0.4 is 15.0 Å². The second-order valence-corrected chi connectivity index (χ2v) is 10.6. The summed E-state index contributed by atoms with van der Waals surface area (Å²) in [5, 5.41) is 5.77. The molecule has 0 aliphatic carbocycles. The number of ether oxygens (including phenoxy) is 2. The molecule has 0 radical (unpaired) electrons. The number of nitrogens with zero attached hydrogens (tertiary/aromatic N) is 4. The summed E-state index contributed by atoms with van der Waals surface area (Å²) in [6.45, 7) is 4.16. The molecular formula is C35H33N5O2. The highest BCUT2D eigenvalue weighted by atomic mass is 16.5. The highest BCUT2D eigenvalue weighted by Crippen LogP contribution is 2.34. The van der Waals surface area contributed by atoms with E-state index >= 15 is 0 Å². The molecule has 210 valence electrons. The summed E-state index contributed by atoms with van der Waals surface area (Å²) in [7, 11) is 0. The molecule has 0 saturated carbocycles. The van der Waals surface area contributed by atoms with E-state index in [1.54, 1.807) is 0 Å². The lowest BCUT2D eigenvalue weighted by Gasteiger charge is -2.29. The number of hydrogen-bond acceptors (Lipinski definition) is 6. The summed E-state index contributed by atoms with van der Waals surface area (Å²) < 4.78 is 14.1.